The molecule has 3 heterocycles. The first kappa shape index (κ1) is 15.4. The van der Waals surface area contributed by atoms with Crippen molar-refractivity contribution in [1.82, 2.24) is 10.2 Å². The fraction of sp³-hybridized carbons (Fsp3) is 0.471. The summed E-state index contributed by atoms with van der Waals surface area (Å²) in [6.07, 6.45) is 4.06. The van der Waals surface area contributed by atoms with Crippen molar-refractivity contribution < 1.29 is 9.53 Å². The summed E-state index contributed by atoms with van der Waals surface area (Å²) in [4.78, 5) is 15.6. The van der Waals surface area contributed by atoms with E-state index < -0.39 is 0 Å². The Balaban J connectivity index is 1.49. The van der Waals surface area contributed by atoms with Gasteiger partial charge in [0.25, 0.3) is 0 Å². The number of amides is 1. The number of nitrogens with one attached hydrogen (secondary N) is 1. The molecule has 2 bridgehead atoms. The Hall–Kier alpha value is -1.46. The number of carbonyl (C=O) groups is 1. The smallest absolute Gasteiger partial charge is 0.244 e. The molecule has 0 spiro atoms. The predicted octanol–water partition coefficient (Wildman–Crippen LogP) is 2.51. The molecular formula is C17H22N2O2S. The second kappa shape index (κ2) is 7.20. The van der Waals surface area contributed by atoms with E-state index in [2.05, 4.69) is 10.2 Å². The van der Waals surface area contributed by atoms with Crippen LogP contribution in [0.15, 0.2) is 40.6 Å². The second-order valence-electron chi connectivity index (χ2n) is 5.85. The van der Waals surface area contributed by atoms with Gasteiger partial charge in [-0.3, -0.25) is 4.79 Å². The summed E-state index contributed by atoms with van der Waals surface area (Å²) in [6.45, 7) is 3.39. The first-order chi connectivity index (χ1) is 10.7. The number of nitrogens with zero attached hydrogens (tertiary/aromatic N) is 1. The highest BCUT2D eigenvalue weighted by Gasteiger charge is 2.34. The summed E-state index contributed by atoms with van der Waals surface area (Å²) in [5.74, 6) is 1.50. The monoisotopic (exact) mass is 318 g/mol. The zero-order chi connectivity index (χ0) is 15.4. The summed E-state index contributed by atoms with van der Waals surface area (Å²) < 4.78 is 5.19. The van der Waals surface area contributed by atoms with E-state index in [-0.39, 0.29) is 5.91 Å². The third-order valence-electron chi connectivity index (χ3n) is 4.45. The first-order valence-electron chi connectivity index (χ1n) is 7.75. The molecule has 0 radical (unpaired) electrons. The summed E-state index contributed by atoms with van der Waals surface area (Å²) in [5.41, 5.74) is 0. The van der Waals surface area contributed by atoms with Crippen LogP contribution in [0.4, 0.5) is 0 Å². The van der Waals surface area contributed by atoms with Gasteiger partial charge < -0.3 is 15.0 Å². The number of rotatable bonds is 5. The van der Waals surface area contributed by atoms with Gasteiger partial charge in [-0.25, -0.2) is 0 Å². The number of piperidine rings is 3. The van der Waals surface area contributed by atoms with Crippen LogP contribution in [0.5, 0.6) is 5.75 Å². The number of benzene rings is 1. The summed E-state index contributed by atoms with van der Waals surface area (Å²) in [6, 6.07) is 8.14. The number of hydrogen-bond acceptors (Lipinski definition) is 4. The van der Waals surface area contributed by atoms with E-state index in [9.17, 15) is 4.79 Å². The molecule has 5 heteroatoms. The van der Waals surface area contributed by atoms with E-state index in [1.54, 1.807) is 13.2 Å². The molecule has 3 fully saturated rings. The lowest BCUT2D eigenvalue weighted by molar-refractivity contribution is -0.118. The van der Waals surface area contributed by atoms with Crippen molar-refractivity contribution in [3.05, 3.63) is 35.7 Å². The van der Waals surface area contributed by atoms with Crippen LogP contribution in [-0.2, 0) is 4.79 Å². The molecule has 22 heavy (non-hydrogen) atoms. The molecule has 4 nitrogen and oxygen atoms in total. The minimum absolute atomic E-state index is 0.00847. The van der Waals surface area contributed by atoms with E-state index >= 15 is 0 Å². The molecule has 1 atom stereocenters. The van der Waals surface area contributed by atoms with E-state index in [4.69, 9.17) is 4.74 Å². The Bertz CT molecular complexity index is 553. The molecule has 1 aromatic carbocycles. The largest absolute Gasteiger partial charge is 0.497 e. The maximum absolute atomic E-state index is 12.0. The SMILES string of the molecule is COc1cccc(S/C=C/C(=O)N[C@H]2CN3CCC2CC3)c1. The van der Waals surface area contributed by atoms with Crippen molar-refractivity contribution in [2.24, 2.45) is 5.92 Å². The van der Waals surface area contributed by atoms with Gasteiger partial charge in [0.05, 0.1) is 7.11 Å². The Morgan fingerprint density at radius 3 is 2.91 bits per heavy atom. The van der Waals surface area contributed by atoms with Gasteiger partial charge in [-0.1, -0.05) is 17.8 Å². The third kappa shape index (κ3) is 3.84. The number of methoxy groups -OCH3 is 1. The minimum Gasteiger partial charge on any atom is -0.497 e. The Morgan fingerprint density at radius 2 is 2.23 bits per heavy atom. The number of fused-ring (bicyclic) bond motifs is 3. The maximum Gasteiger partial charge on any atom is 0.244 e. The van der Waals surface area contributed by atoms with Crippen LogP contribution in [0.3, 0.4) is 0 Å². The van der Waals surface area contributed by atoms with Crippen LogP contribution in [0.1, 0.15) is 12.8 Å². The third-order valence-corrected chi connectivity index (χ3v) is 5.25. The molecule has 3 saturated heterocycles. The Kier molecular flexibility index (Phi) is 5.05. The van der Waals surface area contributed by atoms with Gasteiger partial charge in [-0.05, 0) is 55.5 Å². The van der Waals surface area contributed by atoms with Crippen molar-refractivity contribution >= 4 is 17.7 Å². The lowest BCUT2D eigenvalue weighted by Crippen LogP contribution is -2.57. The molecule has 0 aromatic heterocycles. The van der Waals surface area contributed by atoms with Crippen LogP contribution >= 0.6 is 11.8 Å². The summed E-state index contributed by atoms with van der Waals surface area (Å²) >= 11 is 1.52. The molecule has 3 aliphatic rings. The average molecular weight is 318 g/mol. The Labute approximate surface area is 135 Å². The molecule has 3 aliphatic heterocycles. The maximum atomic E-state index is 12.0. The van der Waals surface area contributed by atoms with Crippen molar-refractivity contribution in [2.75, 3.05) is 26.7 Å². The molecule has 1 amide bonds. The topological polar surface area (TPSA) is 41.6 Å². The molecule has 4 rings (SSSR count). The summed E-state index contributed by atoms with van der Waals surface area (Å²) in [7, 11) is 1.65. The summed E-state index contributed by atoms with van der Waals surface area (Å²) in [5, 5.41) is 4.99. The van der Waals surface area contributed by atoms with Crippen LogP contribution < -0.4 is 10.1 Å². The quantitative estimate of drug-likeness (QED) is 0.669. The van der Waals surface area contributed by atoms with Crippen molar-refractivity contribution in [3.8, 4) is 5.75 Å². The van der Waals surface area contributed by atoms with Gasteiger partial charge >= 0.3 is 0 Å². The molecule has 0 unspecified atom stereocenters. The van der Waals surface area contributed by atoms with Crippen LogP contribution in [-0.4, -0.2) is 43.6 Å². The van der Waals surface area contributed by atoms with Crippen LogP contribution in [0, 0.1) is 5.92 Å². The number of hydrogen-bond donors (Lipinski definition) is 1. The van der Waals surface area contributed by atoms with Gasteiger partial charge in [-0.15, -0.1) is 0 Å². The Morgan fingerprint density at radius 1 is 1.41 bits per heavy atom. The lowest BCUT2D eigenvalue weighted by Gasteiger charge is -2.44. The second-order valence-corrected chi connectivity index (χ2v) is 6.83. The molecule has 118 valence electrons. The molecular weight excluding hydrogens is 296 g/mol. The molecule has 1 aromatic rings. The fourth-order valence-corrected chi connectivity index (χ4v) is 3.90. The van der Waals surface area contributed by atoms with Crippen LogP contribution in [0.2, 0.25) is 0 Å². The van der Waals surface area contributed by atoms with Gasteiger partial charge in [0.1, 0.15) is 5.75 Å². The van der Waals surface area contributed by atoms with Crippen LogP contribution in [0.25, 0.3) is 0 Å². The van der Waals surface area contributed by atoms with Crippen molar-refractivity contribution in [2.45, 2.75) is 23.8 Å². The minimum atomic E-state index is 0.00847. The lowest BCUT2D eigenvalue weighted by atomic mass is 9.84. The van der Waals surface area contributed by atoms with Crippen molar-refractivity contribution in [3.63, 3.8) is 0 Å². The van der Waals surface area contributed by atoms with E-state index in [0.29, 0.717) is 12.0 Å². The average Bonchev–Trinajstić information content (AvgIpc) is 2.56. The highest BCUT2D eigenvalue weighted by molar-refractivity contribution is 8.02. The fourth-order valence-electron chi connectivity index (χ4n) is 3.21. The van der Waals surface area contributed by atoms with E-state index in [0.717, 1.165) is 17.2 Å². The molecule has 1 N–H and O–H groups in total. The number of carbonyl (C=O) groups excluding carboxylic acids is 1. The van der Waals surface area contributed by atoms with Gasteiger partial charge in [0.2, 0.25) is 5.91 Å². The molecule has 0 aliphatic carbocycles. The highest BCUT2D eigenvalue weighted by Crippen LogP contribution is 2.27. The van der Waals surface area contributed by atoms with Gasteiger partial charge in [-0.2, -0.15) is 0 Å². The van der Waals surface area contributed by atoms with Gasteiger partial charge in [0, 0.05) is 23.6 Å². The zero-order valence-electron chi connectivity index (χ0n) is 12.8. The normalized spacial score (nSPS) is 27.0. The van der Waals surface area contributed by atoms with Crippen molar-refractivity contribution in [1.29, 1.82) is 0 Å². The van der Waals surface area contributed by atoms with Gasteiger partial charge in [0.15, 0.2) is 0 Å². The molecule has 0 saturated carbocycles. The predicted molar refractivity (Wildman–Crippen MR) is 89.1 cm³/mol. The highest BCUT2D eigenvalue weighted by atomic mass is 32.2. The number of ether oxygens (including phenoxy) is 1. The zero-order valence-corrected chi connectivity index (χ0v) is 13.6. The van der Waals surface area contributed by atoms with E-state index in [1.807, 2.05) is 29.7 Å². The number of thioether (sulfide) groups is 1. The van der Waals surface area contributed by atoms with E-state index in [1.165, 1.54) is 37.7 Å². The standard InChI is InChI=1S/C17H22N2O2S/c1-21-14-3-2-4-15(11-14)22-10-7-17(20)18-16-12-19-8-5-13(16)6-9-19/h2-4,7,10-11,13,16H,5-6,8-9,12H2,1H3,(H,18,20)/b10-7+/t16-/m0/s1. The first-order valence-corrected chi connectivity index (χ1v) is 8.62.